The van der Waals surface area contributed by atoms with Crippen LogP contribution in [0.1, 0.15) is 64.5 Å². The average Bonchev–Trinajstić information content (AvgIpc) is 3.10. The molecule has 10 heteroatoms. The van der Waals surface area contributed by atoms with Gasteiger partial charge in [0.25, 0.3) is 11.8 Å². The van der Waals surface area contributed by atoms with Gasteiger partial charge in [-0.25, -0.2) is 8.78 Å². The van der Waals surface area contributed by atoms with Crippen molar-refractivity contribution in [1.29, 1.82) is 0 Å². The first-order chi connectivity index (χ1) is 15.3. The van der Waals surface area contributed by atoms with Gasteiger partial charge in [0.15, 0.2) is 11.4 Å². The molecule has 4 rings (SSSR count). The van der Waals surface area contributed by atoms with Crippen molar-refractivity contribution < 1.29 is 23.5 Å². The Hall–Kier alpha value is -3.27. The number of nitrogens with zero attached hydrogens (tertiary/aromatic N) is 2. The van der Waals surface area contributed by atoms with Gasteiger partial charge in [-0.2, -0.15) is 0 Å². The smallest absolute Gasteiger partial charge is 0.274 e. The Labute approximate surface area is 182 Å². The second kappa shape index (κ2) is 8.34. The van der Waals surface area contributed by atoms with E-state index in [9.17, 15) is 28.3 Å². The fourth-order valence-corrected chi connectivity index (χ4v) is 4.60. The number of aromatic nitrogens is 1. The van der Waals surface area contributed by atoms with E-state index in [1.165, 1.54) is 6.07 Å². The molecule has 8 nitrogen and oxygen atoms in total. The van der Waals surface area contributed by atoms with E-state index in [1.54, 1.807) is 9.47 Å². The molecular weight excluding hydrogens is 422 g/mol. The van der Waals surface area contributed by atoms with Gasteiger partial charge >= 0.3 is 0 Å². The van der Waals surface area contributed by atoms with Gasteiger partial charge in [0, 0.05) is 31.3 Å². The number of hydrogen-bond donors (Lipinski definition) is 3. The normalized spacial score (nSPS) is 19.2. The lowest BCUT2D eigenvalue weighted by Crippen LogP contribution is -2.44. The highest BCUT2D eigenvalue weighted by Crippen LogP contribution is 2.42. The summed E-state index contributed by atoms with van der Waals surface area (Å²) in [7, 11) is 0. The fraction of sp³-hybridized carbons (Fsp3) is 0.409. The van der Waals surface area contributed by atoms with E-state index in [1.807, 2.05) is 13.8 Å². The first kappa shape index (κ1) is 21.9. The molecule has 2 amide bonds. The van der Waals surface area contributed by atoms with Crippen LogP contribution in [-0.4, -0.2) is 46.0 Å². The maximum Gasteiger partial charge on any atom is 0.274 e. The van der Waals surface area contributed by atoms with Crippen molar-refractivity contribution in [2.75, 3.05) is 19.6 Å². The predicted molar refractivity (Wildman–Crippen MR) is 112 cm³/mol. The minimum atomic E-state index is -0.946. The molecule has 2 atom stereocenters. The number of aromatic hydroxyl groups is 1. The zero-order valence-corrected chi connectivity index (χ0v) is 17.7. The molecule has 0 spiro atoms. The second-order valence-corrected chi connectivity index (χ2v) is 7.92. The first-order valence-corrected chi connectivity index (χ1v) is 10.5. The third-order valence-corrected chi connectivity index (χ3v) is 6.06. The zero-order valence-electron chi connectivity index (χ0n) is 17.7. The van der Waals surface area contributed by atoms with Crippen LogP contribution in [0.2, 0.25) is 0 Å². The highest BCUT2D eigenvalue weighted by Gasteiger charge is 2.44. The van der Waals surface area contributed by atoms with Gasteiger partial charge in [0.2, 0.25) is 5.43 Å². The van der Waals surface area contributed by atoms with Crippen LogP contribution in [0.5, 0.6) is 5.75 Å². The number of pyridine rings is 1. The molecule has 1 aromatic heterocycles. The Bertz CT molecular complexity index is 1160. The summed E-state index contributed by atoms with van der Waals surface area (Å²) in [5.74, 6) is -3.59. The number of rotatable bonds is 6. The number of halogens is 2. The topological polar surface area (TPSA) is 104 Å². The van der Waals surface area contributed by atoms with E-state index in [2.05, 4.69) is 10.6 Å². The molecule has 0 saturated heterocycles. The van der Waals surface area contributed by atoms with Crippen molar-refractivity contribution in [3.8, 4) is 5.75 Å². The van der Waals surface area contributed by atoms with E-state index < -0.39 is 34.6 Å². The number of nitrogens with one attached hydrogen (secondary N) is 2. The lowest BCUT2D eigenvalue weighted by molar-refractivity contribution is 0.0675. The van der Waals surface area contributed by atoms with Crippen molar-refractivity contribution in [2.24, 2.45) is 0 Å². The van der Waals surface area contributed by atoms with Crippen molar-refractivity contribution in [2.45, 2.75) is 38.9 Å². The Kier molecular flexibility index (Phi) is 5.72. The number of likely N-dealkylation sites (N-methyl/N-ethyl adjacent to an activating group) is 1. The van der Waals surface area contributed by atoms with Gasteiger partial charge in [-0.05, 0) is 26.0 Å². The van der Waals surface area contributed by atoms with Gasteiger partial charge in [0.05, 0.1) is 17.8 Å². The monoisotopic (exact) mass is 446 g/mol. The molecule has 2 unspecified atom stereocenters. The molecule has 170 valence electrons. The third kappa shape index (κ3) is 3.44. The van der Waals surface area contributed by atoms with Crippen LogP contribution in [-0.2, 0) is 6.54 Å². The van der Waals surface area contributed by atoms with Gasteiger partial charge in [-0.3, -0.25) is 14.4 Å². The van der Waals surface area contributed by atoms with Crippen molar-refractivity contribution in [1.82, 2.24) is 20.1 Å². The summed E-state index contributed by atoms with van der Waals surface area (Å²) < 4.78 is 28.7. The number of benzene rings is 1. The molecule has 0 bridgehead atoms. The summed E-state index contributed by atoms with van der Waals surface area (Å²) in [6.07, 6.45) is 0.542. The number of carbonyl (C=O) groups is 2. The van der Waals surface area contributed by atoms with E-state index >= 15 is 0 Å². The molecule has 2 aliphatic rings. The number of amides is 2. The Balaban J connectivity index is 1.78. The quantitative estimate of drug-likeness (QED) is 0.628. The summed E-state index contributed by atoms with van der Waals surface area (Å²) in [6, 6.07) is 2.41. The Morgan fingerprint density at radius 2 is 2.00 bits per heavy atom. The average molecular weight is 446 g/mol. The molecule has 0 radical (unpaired) electrons. The summed E-state index contributed by atoms with van der Waals surface area (Å²) >= 11 is 0. The standard InChI is InChI=1S/C22H24F2N4O4/c1-3-25-15-8-13-10-27(4-2)22(32)18-20(30)19(29)16(17(15)28(13)18)21(31)26-9-11-5-6-12(23)7-14(11)24/h5-7,13,15,25,30H,3-4,8-10H2,1-2H3,(H,26,31). The molecule has 0 fully saturated rings. The van der Waals surface area contributed by atoms with Crippen LogP contribution in [0.15, 0.2) is 23.0 Å². The molecule has 2 aliphatic heterocycles. The maximum atomic E-state index is 14.0. The fourth-order valence-electron chi connectivity index (χ4n) is 4.60. The van der Waals surface area contributed by atoms with Crippen LogP contribution in [0.3, 0.4) is 0 Å². The van der Waals surface area contributed by atoms with Crippen molar-refractivity contribution >= 4 is 11.8 Å². The second-order valence-electron chi connectivity index (χ2n) is 7.92. The summed E-state index contributed by atoms with van der Waals surface area (Å²) in [4.78, 5) is 40.5. The third-order valence-electron chi connectivity index (χ3n) is 6.06. The molecule has 1 aromatic carbocycles. The molecule has 2 aromatic rings. The highest BCUT2D eigenvalue weighted by atomic mass is 19.1. The van der Waals surface area contributed by atoms with Gasteiger partial charge < -0.3 is 25.2 Å². The van der Waals surface area contributed by atoms with Crippen LogP contribution < -0.4 is 16.1 Å². The molecule has 0 saturated carbocycles. The molecule has 0 aliphatic carbocycles. The lowest BCUT2D eigenvalue weighted by Gasteiger charge is -2.33. The number of hydrogen-bond acceptors (Lipinski definition) is 5. The first-order valence-electron chi connectivity index (χ1n) is 10.5. The largest absolute Gasteiger partial charge is 0.503 e. The van der Waals surface area contributed by atoms with Crippen molar-refractivity contribution in [3.63, 3.8) is 0 Å². The van der Waals surface area contributed by atoms with Crippen molar-refractivity contribution in [3.05, 3.63) is 62.6 Å². The van der Waals surface area contributed by atoms with Crippen LogP contribution in [0.4, 0.5) is 8.78 Å². The SMILES string of the molecule is CCNC1CC2CN(CC)C(=O)c3c(O)c(=O)c(C(=O)NCc4ccc(F)cc4F)c1n32. The Morgan fingerprint density at radius 1 is 1.25 bits per heavy atom. The van der Waals surface area contributed by atoms with Gasteiger partial charge in [-0.1, -0.05) is 13.0 Å². The van der Waals surface area contributed by atoms with Crippen LogP contribution in [0, 0.1) is 11.6 Å². The van der Waals surface area contributed by atoms with E-state index in [0.717, 1.165) is 6.07 Å². The zero-order chi connectivity index (χ0) is 23.2. The maximum absolute atomic E-state index is 14.0. The highest BCUT2D eigenvalue weighted by molar-refractivity contribution is 6.00. The number of carbonyl (C=O) groups excluding carboxylic acids is 2. The van der Waals surface area contributed by atoms with Crippen LogP contribution >= 0.6 is 0 Å². The minimum absolute atomic E-state index is 0.0494. The molecular formula is C22H24F2N4O4. The summed E-state index contributed by atoms with van der Waals surface area (Å²) in [6.45, 7) is 4.82. The molecule has 3 N–H and O–H groups in total. The van der Waals surface area contributed by atoms with Gasteiger partial charge in [-0.15, -0.1) is 0 Å². The minimum Gasteiger partial charge on any atom is -0.503 e. The molecule has 32 heavy (non-hydrogen) atoms. The van der Waals surface area contributed by atoms with E-state index in [-0.39, 0.29) is 35.4 Å². The van der Waals surface area contributed by atoms with E-state index in [4.69, 9.17) is 0 Å². The Morgan fingerprint density at radius 3 is 2.66 bits per heavy atom. The lowest BCUT2D eigenvalue weighted by atomic mass is 10.0. The summed E-state index contributed by atoms with van der Waals surface area (Å²) in [5.41, 5.74) is -0.938. The van der Waals surface area contributed by atoms with Gasteiger partial charge in [0.1, 0.15) is 17.2 Å². The van der Waals surface area contributed by atoms with Crippen LogP contribution in [0.25, 0.3) is 0 Å². The molecule has 3 heterocycles. The summed E-state index contributed by atoms with van der Waals surface area (Å²) in [5, 5.41) is 16.4. The predicted octanol–water partition coefficient (Wildman–Crippen LogP) is 1.83. The van der Waals surface area contributed by atoms with E-state index in [0.29, 0.717) is 37.8 Å².